The smallest absolute Gasteiger partial charge is 0.260 e. The maximum absolute atomic E-state index is 13.8. The van der Waals surface area contributed by atoms with Crippen LogP contribution in [0.4, 0.5) is 5.69 Å². The van der Waals surface area contributed by atoms with E-state index in [2.05, 4.69) is 66.4 Å². The van der Waals surface area contributed by atoms with E-state index in [1.54, 1.807) is 0 Å². The van der Waals surface area contributed by atoms with Crippen LogP contribution in [0.2, 0.25) is 0 Å². The summed E-state index contributed by atoms with van der Waals surface area (Å²) in [4.78, 5) is 18.4. The number of hydrogen-bond acceptors (Lipinski definition) is 2. The lowest BCUT2D eigenvalue weighted by Gasteiger charge is -2.49. The molecular formula is C26H26N2O. The van der Waals surface area contributed by atoms with E-state index < -0.39 is 5.66 Å². The van der Waals surface area contributed by atoms with Crippen molar-refractivity contribution >= 4 is 11.6 Å². The van der Waals surface area contributed by atoms with Gasteiger partial charge in [0.25, 0.3) is 5.91 Å². The van der Waals surface area contributed by atoms with Gasteiger partial charge in [0.05, 0.1) is 0 Å². The van der Waals surface area contributed by atoms with Crippen LogP contribution in [0.15, 0.2) is 78.9 Å². The molecule has 2 heterocycles. The van der Waals surface area contributed by atoms with E-state index in [9.17, 15) is 4.79 Å². The first-order chi connectivity index (χ1) is 14.2. The molecule has 0 unspecified atom stereocenters. The Balaban J connectivity index is 1.84. The van der Waals surface area contributed by atoms with Crippen molar-refractivity contribution in [3.05, 3.63) is 101 Å². The van der Waals surface area contributed by atoms with E-state index >= 15 is 0 Å². The van der Waals surface area contributed by atoms with Gasteiger partial charge in [-0.3, -0.25) is 14.6 Å². The molecule has 2 aliphatic rings. The fourth-order valence-corrected chi connectivity index (χ4v) is 5.10. The molecule has 1 amide bonds. The molecule has 1 atom stereocenters. The van der Waals surface area contributed by atoms with Crippen LogP contribution in [-0.2, 0) is 5.66 Å². The first kappa shape index (κ1) is 18.1. The van der Waals surface area contributed by atoms with E-state index in [0.29, 0.717) is 0 Å². The highest BCUT2D eigenvalue weighted by Gasteiger charge is 2.55. The first-order valence-corrected chi connectivity index (χ1v) is 10.5. The number of aryl methyl sites for hydroxylation is 1. The van der Waals surface area contributed by atoms with Crippen molar-refractivity contribution in [2.24, 2.45) is 0 Å². The minimum Gasteiger partial charge on any atom is -0.281 e. The molecule has 1 fully saturated rings. The largest absolute Gasteiger partial charge is 0.281 e. The minimum absolute atomic E-state index is 0.0839. The molecule has 0 spiro atoms. The number of fused-ring (bicyclic) bond motifs is 1. The predicted octanol–water partition coefficient (Wildman–Crippen LogP) is 5.34. The average Bonchev–Trinajstić information content (AvgIpc) is 3.05. The number of carbonyl (C=O) groups excluding carboxylic acids is 1. The van der Waals surface area contributed by atoms with Crippen molar-refractivity contribution in [2.75, 3.05) is 18.0 Å². The molecule has 146 valence electrons. The topological polar surface area (TPSA) is 23.6 Å². The highest BCUT2D eigenvalue weighted by atomic mass is 16.2. The second kappa shape index (κ2) is 7.16. The van der Waals surface area contributed by atoms with Gasteiger partial charge in [-0.15, -0.1) is 0 Å². The lowest BCUT2D eigenvalue weighted by atomic mass is 9.87. The molecule has 0 aromatic heterocycles. The maximum Gasteiger partial charge on any atom is 0.260 e. The molecule has 3 aromatic rings. The number of hydrogen-bond donors (Lipinski definition) is 0. The number of rotatable bonds is 3. The summed E-state index contributed by atoms with van der Waals surface area (Å²) in [7, 11) is 0. The van der Waals surface area contributed by atoms with Crippen LogP contribution in [0.25, 0.3) is 0 Å². The van der Waals surface area contributed by atoms with Crippen molar-refractivity contribution in [1.29, 1.82) is 0 Å². The van der Waals surface area contributed by atoms with E-state index in [-0.39, 0.29) is 5.91 Å². The van der Waals surface area contributed by atoms with Crippen LogP contribution >= 0.6 is 0 Å². The summed E-state index contributed by atoms with van der Waals surface area (Å²) >= 11 is 0. The Morgan fingerprint density at radius 3 is 2.28 bits per heavy atom. The van der Waals surface area contributed by atoms with E-state index in [1.165, 1.54) is 6.42 Å². The number of carbonyl (C=O) groups is 1. The molecule has 3 nitrogen and oxygen atoms in total. The molecule has 1 saturated heterocycles. The number of likely N-dealkylation sites (tertiary alicyclic amines) is 1. The summed E-state index contributed by atoms with van der Waals surface area (Å²) in [5.74, 6) is 0.0839. The third-order valence-electron chi connectivity index (χ3n) is 6.31. The van der Waals surface area contributed by atoms with Crippen molar-refractivity contribution in [1.82, 2.24) is 4.90 Å². The third-order valence-corrected chi connectivity index (χ3v) is 6.31. The summed E-state index contributed by atoms with van der Waals surface area (Å²) in [5, 5.41) is 0. The van der Waals surface area contributed by atoms with Crippen molar-refractivity contribution in [3.8, 4) is 0 Å². The number of benzene rings is 3. The predicted molar refractivity (Wildman–Crippen MR) is 117 cm³/mol. The quantitative estimate of drug-likeness (QED) is 0.610. The number of amides is 1. The Morgan fingerprint density at radius 2 is 1.52 bits per heavy atom. The SMILES string of the molecule is Cc1cccc(N2C(=O)c3ccccc3[C@@]2(c2ccccc2)N2CCCCC2)c1. The third kappa shape index (κ3) is 2.72. The molecule has 0 N–H and O–H groups in total. The molecule has 29 heavy (non-hydrogen) atoms. The molecule has 2 aliphatic heterocycles. The van der Waals surface area contributed by atoms with Crippen molar-refractivity contribution in [3.63, 3.8) is 0 Å². The number of nitrogens with zero attached hydrogens (tertiary/aromatic N) is 2. The average molecular weight is 383 g/mol. The Kier molecular flexibility index (Phi) is 4.48. The van der Waals surface area contributed by atoms with Gasteiger partial charge in [0.1, 0.15) is 0 Å². The van der Waals surface area contributed by atoms with E-state index in [1.807, 2.05) is 29.2 Å². The molecule has 5 rings (SSSR count). The maximum atomic E-state index is 13.8. The van der Waals surface area contributed by atoms with Crippen LogP contribution in [0.5, 0.6) is 0 Å². The Hall–Kier alpha value is -2.91. The zero-order chi connectivity index (χ0) is 19.8. The Labute approximate surface area is 172 Å². The lowest BCUT2D eigenvalue weighted by molar-refractivity contribution is 0.0793. The number of anilines is 1. The summed E-state index contributed by atoms with van der Waals surface area (Å²) < 4.78 is 0. The van der Waals surface area contributed by atoms with Gasteiger partial charge in [-0.1, -0.05) is 67.1 Å². The van der Waals surface area contributed by atoms with Crippen LogP contribution < -0.4 is 4.90 Å². The summed E-state index contributed by atoms with van der Waals surface area (Å²) in [5.41, 5.74) is 4.57. The Morgan fingerprint density at radius 1 is 0.793 bits per heavy atom. The molecule has 3 heteroatoms. The molecular weight excluding hydrogens is 356 g/mol. The monoisotopic (exact) mass is 382 g/mol. The van der Waals surface area contributed by atoms with E-state index in [4.69, 9.17) is 0 Å². The number of piperidine rings is 1. The summed E-state index contributed by atoms with van der Waals surface area (Å²) in [6.45, 7) is 4.06. The van der Waals surface area contributed by atoms with Gasteiger partial charge in [0.15, 0.2) is 5.66 Å². The van der Waals surface area contributed by atoms with Gasteiger partial charge in [-0.25, -0.2) is 0 Å². The van der Waals surface area contributed by atoms with E-state index in [0.717, 1.165) is 53.9 Å². The Bertz CT molecular complexity index is 1040. The van der Waals surface area contributed by atoms with Gasteiger partial charge >= 0.3 is 0 Å². The summed E-state index contributed by atoms with van der Waals surface area (Å²) in [6, 6.07) is 27.1. The fraction of sp³-hybridized carbons (Fsp3) is 0.269. The van der Waals surface area contributed by atoms with Gasteiger partial charge < -0.3 is 0 Å². The normalized spacial score (nSPS) is 22.0. The standard InChI is InChI=1S/C26H26N2O/c1-20-11-10-14-22(19-20)28-25(29)23-15-6-7-16-24(23)26(28,21-12-4-2-5-13-21)27-17-8-3-9-18-27/h2,4-7,10-16,19H,3,8-9,17-18H2,1H3/t26-/m0/s1. The lowest BCUT2D eigenvalue weighted by Crippen LogP contribution is -2.58. The molecule has 0 saturated carbocycles. The molecule has 3 aromatic carbocycles. The highest BCUT2D eigenvalue weighted by molar-refractivity contribution is 6.12. The second-order valence-corrected chi connectivity index (χ2v) is 8.11. The zero-order valence-corrected chi connectivity index (χ0v) is 16.8. The van der Waals surface area contributed by atoms with Gasteiger partial charge in [-0.2, -0.15) is 0 Å². The molecule has 0 aliphatic carbocycles. The first-order valence-electron chi connectivity index (χ1n) is 10.5. The van der Waals surface area contributed by atoms with Gasteiger partial charge in [-0.05, 0) is 49.1 Å². The van der Waals surface area contributed by atoms with Gasteiger partial charge in [0, 0.05) is 29.9 Å². The van der Waals surface area contributed by atoms with Crippen LogP contribution in [0, 0.1) is 6.92 Å². The summed E-state index contributed by atoms with van der Waals surface area (Å²) in [6.07, 6.45) is 3.57. The highest BCUT2D eigenvalue weighted by Crippen LogP contribution is 2.49. The van der Waals surface area contributed by atoms with Crippen LogP contribution in [-0.4, -0.2) is 23.9 Å². The van der Waals surface area contributed by atoms with Crippen molar-refractivity contribution < 1.29 is 4.79 Å². The van der Waals surface area contributed by atoms with Crippen LogP contribution in [0.3, 0.4) is 0 Å². The van der Waals surface area contributed by atoms with Crippen molar-refractivity contribution in [2.45, 2.75) is 31.8 Å². The van der Waals surface area contributed by atoms with Crippen LogP contribution in [0.1, 0.15) is 46.3 Å². The zero-order valence-electron chi connectivity index (χ0n) is 16.8. The molecule has 0 radical (unpaired) electrons. The molecule has 0 bridgehead atoms. The minimum atomic E-state index is -0.608. The fourth-order valence-electron chi connectivity index (χ4n) is 5.10. The second-order valence-electron chi connectivity index (χ2n) is 8.11. The van der Waals surface area contributed by atoms with Gasteiger partial charge in [0.2, 0.25) is 0 Å².